The van der Waals surface area contributed by atoms with Gasteiger partial charge >= 0.3 is 7.55 Å². The van der Waals surface area contributed by atoms with Crippen LogP contribution in [-0.2, 0) is 0 Å². The van der Waals surface area contributed by atoms with Gasteiger partial charge in [0.25, 0.3) is 0 Å². The van der Waals surface area contributed by atoms with Crippen molar-refractivity contribution in [1.82, 2.24) is 14.8 Å². The third-order valence-corrected chi connectivity index (χ3v) is 2.41. The molecule has 2 rings (SSSR count). The zero-order valence-corrected chi connectivity index (χ0v) is 8.59. The molecule has 73 valence electrons. The largest absolute Gasteiger partial charge is 0.388 e. The molecular formula is C9H14BN4. The predicted molar refractivity (Wildman–Crippen MR) is 57.0 cm³/mol. The molecular weight excluding hydrogens is 175 g/mol. The average molecular weight is 189 g/mol. The van der Waals surface area contributed by atoms with E-state index in [4.69, 9.17) is 0 Å². The molecule has 0 aliphatic carbocycles. The van der Waals surface area contributed by atoms with Crippen molar-refractivity contribution in [3.63, 3.8) is 0 Å². The van der Waals surface area contributed by atoms with Gasteiger partial charge in [-0.2, -0.15) is 0 Å². The van der Waals surface area contributed by atoms with E-state index < -0.39 is 0 Å². The molecule has 0 N–H and O–H groups in total. The van der Waals surface area contributed by atoms with Gasteiger partial charge in [-0.05, 0) is 12.1 Å². The summed E-state index contributed by atoms with van der Waals surface area (Å²) in [6.07, 6.45) is 3.36. The first kappa shape index (κ1) is 9.46. The highest BCUT2D eigenvalue weighted by molar-refractivity contribution is 6.39. The summed E-state index contributed by atoms with van der Waals surface area (Å²) in [6, 6.07) is 2.49. The first-order valence-electron chi connectivity index (χ1n) is 4.91. The highest BCUT2D eigenvalue weighted by Gasteiger charge is 2.24. The Kier molecular flexibility index (Phi) is 2.68. The molecule has 1 radical (unpaired) electrons. The van der Waals surface area contributed by atoms with E-state index in [0.29, 0.717) is 6.04 Å². The molecule has 14 heavy (non-hydrogen) atoms. The van der Waals surface area contributed by atoms with E-state index in [9.17, 15) is 0 Å². The lowest BCUT2D eigenvalue weighted by molar-refractivity contribution is 0.405. The quantitative estimate of drug-likeness (QED) is 0.635. The summed E-state index contributed by atoms with van der Waals surface area (Å²) in [5.74, 6) is 0.975. The molecule has 4 nitrogen and oxygen atoms in total. The van der Waals surface area contributed by atoms with E-state index in [1.165, 1.54) is 0 Å². The number of aromatic nitrogens is 2. The predicted octanol–water partition coefficient (Wildman–Crippen LogP) is 0.541. The zero-order chi connectivity index (χ0) is 9.97. The van der Waals surface area contributed by atoms with Gasteiger partial charge in [-0.1, -0.05) is 13.8 Å². The Balaban J connectivity index is 2.03. The van der Waals surface area contributed by atoms with Crippen LogP contribution < -0.4 is 4.81 Å². The van der Waals surface area contributed by atoms with Crippen LogP contribution in [-0.4, -0.2) is 41.5 Å². The molecule has 1 saturated heterocycles. The first-order chi connectivity index (χ1) is 6.77. The van der Waals surface area contributed by atoms with Gasteiger partial charge in [0.2, 0.25) is 0 Å². The molecule has 0 spiro atoms. The van der Waals surface area contributed by atoms with Crippen LogP contribution in [0, 0.1) is 0 Å². The van der Waals surface area contributed by atoms with Crippen molar-refractivity contribution in [1.29, 1.82) is 0 Å². The summed E-state index contributed by atoms with van der Waals surface area (Å²) in [7, 11) is 2.13. The Bertz CT molecular complexity index is 290. The van der Waals surface area contributed by atoms with Gasteiger partial charge in [0.05, 0.1) is 0 Å². The summed E-state index contributed by atoms with van der Waals surface area (Å²) in [6.45, 7) is 6.47. The highest BCUT2D eigenvalue weighted by atomic mass is 15.3. The molecule has 0 unspecified atom stereocenters. The van der Waals surface area contributed by atoms with Gasteiger partial charge < -0.3 is 9.62 Å². The fourth-order valence-corrected chi connectivity index (χ4v) is 1.54. The van der Waals surface area contributed by atoms with Crippen LogP contribution in [0.2, 0.25) is 0 Å². The summed E-state index contributed by atoms with van der Waals surface area (Å²) in [5, 5.41) is 0. The van der Waals surface area contributed by atoms with Crippen LogP contribution in [0.15, 0.2) is 18.6 Å². The maximum absolute atomic E-state index is 4.21. The molecule has 1 aromatic heterocycles. The normalized spacial score (nSPS) is 17.5. The number of hydrogen-bond acceptors (Lipinski definition) is 4. The maximum Gasteiger partial charge on any atom is 0.353 e. The topological polar surface area (TPSA) is 32.3 Å². The lowest BCUT2D eigenvalue weighted by Gasteiger charge is -2.19. The Hall–Kier alpha value is -1.10. The lowest BCUT2D eigenvalue weighted by atomic mass is 10.1. The zero-order valence-electron chi connectivity index (χ0n) is 8.59. The van der Waals surface area contributed by atoms with E-state index in [-0.39, 0.29) is 0 Å². The van der Waals surface area contributed by atoms with E-state index in [1.807, 2.05) is 6.07 Å². The van der Waals surface area contributed by atoms with Gasteiger partial charge in [0.1, 0.15) is 12.1 Å². The molecule has 0 amide bonds. The smallest absolute Gasteiger partial charge is 0.353 e. The minimum absolute atomic E-state index is 0.557. The highest BCUT2D eigenvalue weighted by Crippen LogP contribution is 2.13. The molecule has 1 aromatic rings. The summed E-state index contributed by atoms with van der Waals surface area (Å²) >= 11 is 0. The van der Waals surface area contributed by atoms with Crippen LogP contribution in [0.25, 0.3) is 0 Å². The second kappa shape index (κ2) is 3.96. The van der Waals surface area contributed by atoms with Crippen LogP contribution in [0.1, 0.15) is 13.8 Å². The van der Waals surface area contributed by atoms with E-state index in [2.05, 4.69) is 41.0 Å². The maximum atomic E-state index is 4.21. The van der Waals surface area contributed by atoms with Crippen molar-refractivity contribution >= 4 is 13.4 Å². The van der Waals surface area contributed by atoms with Gasteiger partial charge in [-0.15, -0.1) is 0 Å². The molecule has 0 atom stereocenters. The average Bonchev–Trinajstić information content (AvgIpc) is 2.68. The van der Waals surface area contributed by atoms with Gasteiger partial charge in [-0.3, -0.25) is 0 Å². The fraction of sp³-hybridized carbons (Fsp3) is 0.556. The molecule has 0 bridgehead atoms. The van der Waals surface area contributed by atoms with Crippen molar-refractivity contribution in [3.05, 3.63) is 18.6 Å². The minimum atomic E-state index is 0.557. The number of anilines is 1. The van der Waals surface area contributed by atoms with Crippen molar-refractivity contribution in [3.8, 4) is 0 Å². The van der Waals surface area contributed by atoms with E-state index in [1.54, 1.807) is 12.5 Å². The standard InChI is InChI=1S/C9H14BN4/c1-8(2)13-5-6-14(10-13)9-3-4-11-7-12-9/h3-4,7-8H,5-6H2,1-2H3. The first-order valence-corrected chi connectivity index (χ1v) is 4.91. The van der Waals surface area contributed by atoms with Crippen molar-refractivity contribution in [2.24, 2.45) is 0 Å². The van der Waals surface area contributed by atoms with Gasteiger partial charge in [-0.25, -0.2) is 9.97 Å². The Morgan fingerprint density at radius 3 is 2.86 bits per heavy atom. The third-order valence-electron chi connectivity index (χ3n) is 2.41. The monoisotopic (exact) mass is 189 g/mol. The number of rotatable bonds is 2. The second-order valence-corrected chi connectivity index (χ2v) is 3.71. The Morgan fingerprint density at radius 1 is 1.43 bits per heavy atom. The van der Waals surface area contributed by atoms with Crippen molar-refractivity contribution in [2.45, 2.75) is 19.9 Å². The van der Waals surface area contributed by atoms with Gasteiger partial charge in [0, 0.05) is 19.3 Å². The molecule has 0 aromatic carbocycles. The van der Waals surface area contributed by atoms with Crippen LogP contribution in [0.5, 0.6) is 0 Å². The molecule has 5 heteroatoms. The third kappa shape index (κ3) is 1.87. The van der Waals surface area contributed by atoms with Crippen molar-refractivity contribution < 1.29 is 0 Å². The van der Waals surface area contributed by atoms with Crippen LogP contribution in [0.3, 0.4) is 0 Å². The number of hydrogen-bond donors (Lipinski definition) is 0. The van der Waals surface area contributed by atoms with Gasteiger partial charge in [0.15, 0.2) is 0 Å². The van der Waals surface area contributed by atoms with Crippen LogP contribution in [0.4, 0.5) is 5.82 Å². The Morgan fingerprint density at radius 2 is 2.29 bits per heavy atom. The number of nitrogens with zero attached hydrogens (tertiary/aromatic N) is 4. The summed E-state index contributed by atoms with van der Waals surface area (Å²) < 4.78 is 0. The molecule has 1 aliphatic heterocycles. The summed E-state index contributed by atoms with van der Waals surface area (Å²) in [5.41, 5.74) is 0. The summed E-state index contributed by atoms with van der Waals surface area (Å²) in [4.78, 5) is 12.6. The van der Waals surface area contributed by atoms with E-state index >= 15 is 0 Å². The molecule has 0 saturated carbocycles. The lowest BCUT2D eigenvalue weighted by Crippen LogP contribution is -2.34. The molecule has 1 fully saturated rings. The van der Waals surface area contributed by atoms with E-state index in [0.717, 1.165) is 18.9 Å². The minimum Gasteiger partial charge on any atom is -0.388 e. The van der Waals surface area contributed by atoms with Crippen molar-refractivity contribution in [2.75, 3.05) is 17.9 Å². The fourth-order valence-electron chi connectivity index (χ4n) is 1.54. The SMILES string of the molecule is CC(C)N1[B]N(c2ccncn2)CC1. The molecule has 1 aliphatic rings. The van der Waals surface area contributed by atoms with Crippen LogP contribution >= 0.6 is 0 Å². The Labute approximate surface area is 85.2 Å². The second-order valence-electron chi connectivity index (χ2n) is 3.71. The molecule has 2 heterocycles.